The van der Waals surface area contributed by atoms with Gasteiger partial charge in [-0.2, -0.15) is 26.3 Å². The summed E-state index contributed by atoms with van der Waals surface area (Å²) in [7, 11) is 0. The van der Waals surface area contributed by atoms with E-state index in [1.807, 2.05) is 0 Å². The number of hydrogen-bond acceptors (Lipinski definition) is 3. The second-order valence-corrected chi connectivity index (χ2v) is 4.87. The summed E-state index contributed by atoms with van der Waals surface area (Å²) in [4.78, 5) is 12.2. The molecule has 1 heterocycles. The van der Waals surface area contributed by atoms with E-state index in [9.17, 15) is 36.2 Å². The van der Waals surface area contributed by atoms with E-state index in [1.54, 1.807) is 0 Å². The van der Waals surface area contributed by atoms with Gasteiger partial charge in [0, 0.05) is 0 Å². The lowest BCUT2D eigenvalue weighted by Gasteiger charge is -2.44. The van der Waals surface area contributed by atoms with Gasteiger partial charge in [-0.25, -0.2) is 0 Å². The van der Waals surface area contributed by atoms with Gasteiger partial charge in [0.25, 0.3) is 5.60 Å². The van der Waals surface area contributed by atoms with E-state index in [0.29, 0.717) is 26.2 Å². The number of Topliss-reactive ketones (excluding diaryl/α,β-unsaturated/α-hetero) is 1. The molecule has 0 amide bonds. The lowest BCUT2D eigenvalue weighted by molar-refractivity contribution is -0.380. The third kappa shape index (κ3) is 2.93. The van der Waals surface area contributed by atoms with Crippen molar-refractivity contribution < 1.29 is 36.2 Å². The van der Waals surface area contributed by atoms with Crippen LogP contribution < -0.4 is 0 Å². The molecule has 1 aliphatic heterocycles. The van der Waals surface area contributed by atoms with Crippen LogP contribution in [0.2, 0.25) is 0 Å². The Balaban J connectivity index is 3.29. The average molecular weight is 307 g/mol. The molecular weight excluding hydrogens is 292 g/mol. The number of piperidine rings is 1. The van der Waals surface area contributed by atoms with E-state index in [2.05, 4.69) is 0 Å². The van der Waals surface area contributed by atoms with E-state index in [-0.39, 0.29) is 13.1 Å². The smallest absolute Gasteiger partial charge is 0.372 e. The quantitative estimate of drug-likeness (QED) is 0.813. The first-order valence-corrected chi connectivity index (χ1v) is 6.03. The second kappa shape index (κ2) is 5.51. The molecule has 9 heteroatoms. The molecule has 0 saturated carbocycles. The normalized spacial score (nSPS) is 20.8. The summed E-state index contributed by atoms with van der Waals surface area (Å²) in [6.45, 7) is 0.457. The molecule has 0 spiro atoms. The first-order valence-electron chi connectivity index (χ1n) is 6.03. The standard InChI is InChI=1S/C11H15F6NO2/c1-7(19)8(18-5-3-2-4-6-18)9(20,10(12,13)14)11(15,16)17/h8,20H,2-6H2,1H3/t8-/m0/s1. The van der Waals surface area contributed by atoms with Crippen molar-refractivity contribution in [1.29, 1.82) is 0 Å². The largest absolute Gasteiger partial charge is 0.428 e. The van der Waals surface area contributed by atoms with E-state index < -0.39 is 29.8 Å². The Morgan fingerprint density at radius 3 is 1.70 bits per heavy atom. The maximum atomic E-state index is 12.8. The van der Waals surface area contributed by atoms with Gasteiger partial charge in [-0.15, -0.1) is 0 Å². The van der Waals surface area contributed by atoms with Gasteiger partial charge in [0.05, 0.1) is 0 Å². The van der Waals surface area contributed by atoms with E-state index >= 15 is 0 Å². The molecule has 0 unspecified atom stereocenters. The minimum Gasteiger partial charge on any atom is -0.372 e. The van der Waals surface area contributed by atoms with Gasteiger partial charge in [0.15, 0.2) is 5.78 Å². The fourth-order valence-corrected chi connectivity index (χ4v) is 2.46. The molecule has 1 saturated heterocycles. The van der Waals surface area contributed by atoms with Crippen LogP contribution in [0, 0.1) is 0 Å². The molecule has 1 atom stereocenters. The molecule has 0 bridgehead atoms. The van der Waals surface area contributed by atoms with Crippen LogP contribution in [0.4, 0.5) is 26.3 Å². The Morgan fingerprint density at radius 2 is 1.40 bits per heavy atom. The number of aliphatic hydroxyl groups is 1. The lowest BCUT2D eigenvalue weighted by atomic mass is 9.87. The Morgan fingerprint density at radius 1 is 1.00 bits per heavy atom. The molecule has 3 nitrogen and oxygen atoms in total. The van der Waals surface area contributed by atoms with Crippen LogP contribution in [-0.4, -0.2) is 52.9 Å². The van der Waals surface area contributed by atoms with Gasteiger partial charge < -0.3 is 5.11 Å². The van der Waals surface area contributed by atoms with Crippen LogP contribution in [-0.2, 0) is 4.79 Å². The number of likely N-dealkylation sites (tertiary alicyclic amines) is 1. The summed E-state index contributed by atoms with van der Waals surface area (Å²) < 4.78 is 76.9. The third-order valence-electron chi connectivity index (χ3n) is 3.40. The van der Waals surface area contributed by atoms with Crippen LogP contribution in [0.15, 0.2) is 0 Å². The number of hydrogen-bond donors (Lipinski definition) is 1. The first kappa shape index (κ1) is 17.2. The highest BCUT2D eigenvalue weighted by atomic mass is 19.4. The van der Waals surface area contributed by atoms with Gasteiger partial charge in [0.1, 0.15) is 6.04 Å². The summed E-state index contributed by atoms with van der Waals surface area (Å²) >= 11 is 0. The molecule has 1 fully saturated rings. The second-order valence-electron chi connectivity index (χ2n) is 4.87. The van der Waals surface area contributed by atoms with Gasteiger partial charge in [-0.1, -0.05) is 6.42 Å². The topological polar surface area (TPSA) is 40.5 Å². The summed E-state index contributed by atoms with van der Waals surface area (Å²) in [5.74, 6) is -1.36. The number of ketones is 1. The molecule has 1 aliphatic rings. The van der Waals surface area contributed by atoms with E-state index in [1.165, 1.54) is 0 Å². The highest BCUT2D eigenvalue weighted by Gasteiger charge is 2.75. The fraction of sp³-hybridized carbons (Fsp3) is 0.909. The predicted molar refractivity (Wildman–Crippen MR) is 57.0 cm³/mol. The van der Waals surface area contributed by atoms with Gasteiger partial charge in [-0.05, 0) is 32.9 Å². The lowest BCUT2D eigenvalue weighted by Crippen LogP contribution is -2.71. The van der Waals surface area contributed by atoms with Crippen molar-refractivity contribution in [2.75, 3.05) is 13.1 Å². The van der Waals surface area contributed by atoms with Crippen molar-refractivity contribution in [2.24, 2.45) is 0 Å². The summed E-state index contributed by atoms with van der Waals surface area (Å²) in [5.41, 5.74) is -5.05. The average Bonchev–Trinajstić information content (AvgIpc) is 2.26. The van der Waals surface area contributed by atoms with E-state index in [4.69, 9.17) is 0 Å². The van der Waals surface area contributed by atoms with Crippen LogP contribution in [0.5, 0.6) is 0 Å². The maximum absolute atomic E-state index is 12.8. The monoisotopic (exact) mass is 307 g/mol. The van der Waals surface area contributed by atoms with Crippen molar-refractivity contribution in [1.82, 2.24) is 4.90 Å². The van der Waals surface area contributed by atoms with Crippen molar-refractivity contribution in [3.8, 4) is 0 Å². The number of halogens is 6. The van der Waals surface area contributed by atoms with Crippen molar-refractivity contribution >= 4 is 5.78 Å². The number of nitrogens with zero attached hydrogens (tertiary/aromatic N) is 1. The molecule has 0 aliphatic carbocycles. The molecule has 20 heavy (non-hydrogen) atoms. The SMILES string of the molecule is CC(=O)[C@H](N1CCCCC1)C(O)(C(F)(F)F)C(F)(F)F. The van der Waals surface area contributed by atoms with Crippen LogP contribution in [0.1, 0.15) is 26.2 Å². The van der Waals surface area contributed by atoms with E-state index in [0.717, 1.165) is 4.90 Å². The summed E-state index contributed by atoms with van der Waals surface area (Å²) in [5, 5.41) is 9.35. The molecule has 0 aromatic rings. The number of rotatable bonds is 3. The molecule has 0 radical (unpaired) electrons. The third-order valence-corrected chi connectivity index (χ3v) is 3.40. The Labute approximate surface area is 111 Å². The zero-order valence-corrected chi connectivity index (χ0v) is 10.7. The number of alkyl halides is 6. The zero-order valence-electron chi connectivity index (χ0n) is 10.7. The fourth-order valence-electron chi connectivity index (χ4n) is 2.46. The molecule has 1 N–H and O–H groups in total. The molecule has 0 aromatic carbocycles. The van der Waals surface area contributed by atoms with Crippen LogP contribution >= 0.6 is 0 Å². The van der Waals surface area contributed by atoms with Gasteiger partial charge in [0.2, 0.25) is 0 Å². The molecule has 1 rings (SSSR count). The Bertz CT molecular complexity index is 345. The van der Waals surface area contributed by atoms with Crippen LogP contribution in [0.25, 0.3) is 0 Å². The summed E-state index contributed by atoms with van der Waals surface area (Å²) in [6.07, 6.45) is -10.5. The Kier molecular flexibility index (Phi) is 4.75. The molecule has 0 aromatic heterocycles. The van der Waals surface area contributed by atoms with Crippen LogP contribution in [0.3, 0.4) is 0 Å². The highest BCUT2D eigenvalue weighted by molar-refractivity contribution is 5.83. The maximum Gasteiger partial charge on any atom is 0.428 e. The number of carbonyl (C=O) groups excluding carboxylic acids is 1. The van der Waals surface area contributed by atoms with Crippen molar-refractivity contribution in [2.45, 2.75) is 50.2 Å². The minimum atomic E-state index is -5.99. The summed E-state index contributed by atoms with van der Waals surface area (Å²) in [6, 6.07) is -2.66. The van der Waals surface area contributed by atoms with Crippen molar-refractivity contribution in [3.63, 3.8) is 0 Å². The molecule has 118 valence electrons. The van der Waals surface area contributed by atoms with Crippen molar-refractivity contribution in [3.05, 3.63) is 0 Å². The molecular formula is C11H15F6NO2. The number of carbonyl (C=O) groups is 1. The first-order chi connectivity index (χ1) is 8.93. The van der Waals surface area contributed by atoms with Gasteiger partial charge in [-0.3, -0.25) is 9.69 Å². The highest BCUT2D eigenvalue weighted by Crippen LogP contribution is 2.47. The minimum absolute atomic E-state index is 0.0846. The predicted octanol–water partition coefficient (Wildman–Crippen LogP) is 2.29. The zero-order chi connectivity index (χ0) is 15.8. The van der Waals surface area contributed by atoms with Gasteiger partial charge >= 0.3 is 12.4 Å². The Hall–Kier alpha value is -0.830.